The highest BCUT2D eigenvalue weighted by Gasteiger charge is 2.28. The third-order valence-corrected chi connectivity index (χ3v) is 4.15. The summed E-state index contributed by atoms with van der Waals surface area (Å²) in [6.07, 6.45) is 14.3. The molecule has 0 aromatic rings. The summed E-state index contributed by atoms with van der Waals surface area (Å²) < 4.78 is 0. The first-order valence-electron chi connectivity index (χ1n) is 8.48. The number of rotatable bonds is 13. The molecule has 4 nitrogen and oxygen atoms in total. The van der Waals surface area contributed by atoms with Crippen LogP contribution < -0.4 is 5.73 Å². The smallest absolute Gasteiger partial charge is 0.140 e. The second-order valence-corrected chi connectivity index (χ2v) is 6.08. The maximum Gasteiger partial charge on any atom is 0.140 e. The third kappa shape index (κ3) is 8.41. The normalized spacial score (nSPS) is 16.0. The molecule has 118 valence electrons. The predicted octanol–water partition coefficient (Wildman–Crippen LogP) is 3.73. The number of hydrogen-bond donors (Lipinski definition) is 2. The Balaban J connectivity index is 1.99. The van der Waals surface area contributed by atoms with E-state index in [0.717, 1.165) is 12.6 Å². The van der Waals surface area contributed by atoms with Crippen LogP contribution in [0, 0.1) is 0 Å². The van der Waals surface area contributed by atoms with E-state index in [1.165, 1.54) is 70.8 Å². The van der Waals surface area contributed by atoms with Crippen LogP contribution in [0.25, 0.3) is 0 Å². The van der Waals surface area contributed by atoms with E-state index in [9.17, 15) is 0 Å². The molecule has 0 heterocycles. The molecule has 4 heteroatoms. The fraction of sp³-hybridized carbons (Fsp3) is 0.938. The average Bonchev–Trinajstić information content (AvgIpc) is 3.29. The Morgan fingerprint density at radius 3 is 2.20 bits per heavy atom. The molecule has 1 aliphatic carbocycles. The van der Waals surface area contributed by atoms with Gasteiger partial charge in [-0.15, -0.1) is 0 Å². The van der Waals surface area contributed by atoms with Gasteiger partial charge < -0.3 is 10.9 Å². The van der Waals surface area contributed by atoms with E-state index >= 15 is 0 Å². The van der Waals surface area contributed by atoms with Crippen LogP contribution >= 0.6 is 0 Å². The van der Waals surface area contributed by atoms with Crippen molar-refractivity contribution in [3.63, 3.8) is 0 Å². The molecular formula is C16H33N3O. The number of nitrogens with zero attached hydrogens (tertiary/aromatic N) is 2. The lowest BCUT2D eigenvalue weighted by molar-refractivity contribution is 0.261. The quantitative estimate of drug-likeness (QED) is 0.178. The van der Waals surface area contributed by atoms with Crippen LogP contribution in [-0.4, -0.2) is 35.1 Å². The van der Waals surface area contributed by atoms with E-state index in [4.69, 9.17) is 10.9 Å². The molecule has 0 aromatic heterocycles. The Bertz CT molecular complexity index is 264. The standard InChI is InChI=1S/C16H33N3O/c1-2-3-4-5-6-7-8-9-13-19(15-10-11-15)14-12-16(17)18-20/h15,20H,2-14H2,1H3,(H2,17,18). The minimum atomic E-state index is 0.353. The molecule has 0 aromatic carbocycles. The van der Waals surface area contributed by atoms with E-state index in [1.807, 2.05) is 0 Å². The second kappa shape index (κ2) is 11.0. The van der Waals surface area contributed by atoms with Crippen LogP contribution in [0.3, 0.4) is 0 Å². The third-order valence-electron chi connectivity index (χ3n) is 4.15. The van der Waals surface area contributed by atoms with Crippen molar-refractivity contribution in [3.05, 3.63) is 0 Å². The largest absolute Gasteiger partial charge is 0.409 e. The zero-order valence-electron chi connectivity index (χ0n) is 13.2. The molecule has 0 atom stereocenters. The van der Waals surface area contributed by atoms with Crippen LogP contribution in [0.2, 0.25) is 0 Å². The molecule has 1 fully saturated rings. The summed E-state index contributed by atoms with van der Waals surface area (Å²) in [5.74, 6) is 0.353. The molecular weight excluding hydrogens is 250 g/mol. The van der Waals surface area contributed by atoms with Crippen molar-refractivity contribution in [1.82, 2.24) is 4.90 Å². The van der Waals surface area contributed by atoms with Gasteiger partial charge in [-0.2, -0.15) is 0 Å². The van der Waals surface area contributed by atoms with Crippen molar-refractivity contribution in [1.29, 1.82) is 0 Å². The zero-order valence-corrected chi connectivity index (χ0v) is 13.2. The summed E-state index contributed by atoms with van der Waals surface area (Å²) in [5.41, 5.74) is 5.55. The highest BCUT2D eigenvalue weighted by atomic mass is 16.4. The molecule has 0 unspecified atom stereocenters. The van der Waals surface area contributed by atoms with Gasteiger partial charge in [0.05, 0.1) is 0 Å². The summed E-state index contributed by atoms with van der Waals surface area (Å²) in [4.78, 5) is 2.52. The van der Waals surface area contributed by atoms with Crippen LogP contribution in [0.1, 0.15) is 77.6 Å². The first kappa shape index (κ1) is 17.3. The molecule has 0 aliphatic heterocycles. The Kier molecular flexibility index (Phi) is 9.46. The number of nitrogens with two attached hydrogens (primary N) is 1. The Morgan fingerprint density at radius 1 is 1.05 bits per heavy atom. The lowest BCUT2D eigenvalue weighted by Gasteiger charge is -2.21. The van der Waals surface area contributed by atoms with Gasteiger partial charge in [0.1, 0.15) is 5.84 Å². The molecule has 3 N–H and O–H groups in total. The van der Waals surface area contributed by atoms with Gasteiger partial charge in [-0.25, -0.2) is 0 Å². The molecule has 0 saturated heterocycles. The summed E-state index contributed by atoms with van der Waals surface area (Å²) in [6, 6.07) is 0.769. The fourth-order valence-electron chi connectivity index (χ4n) is 2.67. The summed E-state index contributed by atoms with van der Waals surface area (Å²) in [6.45, 7) is 4.39. The number of oxime groups is 1. The summed E-state index contributed by atoms with van der Waals surface area (Å²) in [7, 11) is 0. The fourth-order valence-corrected chi connectivity index (χ4v) is 2.67. The minimum Gasteiger partial charge on any atom is -0.409 e. The van der Waals surface area contributed by atoms with Crippen LogP contribution in [0.4, 0.5) is 0 Å². The second-order valence-electron chi connectivity index (χ2n) is 6.08. The van der Waals surface area contributed by atoms with Crippen molar-refractivity contribution in [2.75, 3.05) is 13.1 Å². The summed E-state index contributed by atoms with van der Waals surface area (Å²) >= 11 is 0. The summed E-state index contributed by atoms with van der Waals surface area (Å²) in [5, 5.41) is 11.6. The molecule has 20 heavy (non-hydrogen) atoms. The lowest BCUT2D eigenvalue weighted by atomic mass is 10.1. The first-order valence-corrected chi connectivity index (χ1v) is 8.48. The van der Waals surface area contributed by atoms with Crippen LogP contribution in [0.15, 0.2) is 5.16 Å². The highest BCUT2D eigenvalue weighted by Crippen LogP contribution is 2.27. The topological polar surface area (TPSA) is 61.8 Å². The van der Waals surface area contributed by atoms with Crippen molar-refractivity contribution in [2.24, 2.45) is 10.9 Å². The molecule has 1 aliphatic rings. The van der Waals surface area contributed by atoms with E-state index in [2.05, 4.69) is 17.0 Å². The number of hydrogen-bond acceptors (Lipinski definition) is 3. The first-order chi connectivity index (χ1) is 9.77. The van der Waals surface area contributed by atoms with E-state index in [-0.39, 0.29) is 0 Å². The van der Waals surface area contributed by atoms with Crippen molar-refractivity contribution in [3.8, 4) is 0 Å². The van der Waals surface area contributed by atoms with Crippen molar-refractivity contribution >= 4 is 5.84 Å². The van der Waals surface area contributed by atoms with Crippen LogP contribution in [-0.2, 0) is 0 Å². The highest BCUT2D eigenvalue weighted by molar-refractivity contribution is 5.79. The van der Waals surface area contributed by atoms with Crippen molar-refractivity contribution < 1.29 is 5.21 Å². The van der Waals surface area contributed by atoms with Gasteiger partial charge in [-0.3, -0.25) is 4.90 Å². The zero-order chi connectivity index (χ0) is 14.6. The van der Waals surface area contributed by atoms with Crippen molar-refractivity contribution in [2.45, 2.75) is 83.6 Å². The number of amidine groups is 1. The molecule has 1 rings (SSSR count). The SMILES string of the molecule is CCCCCCCCCCN(CCC(N)=NO)C1CC1. The molecule has 0 bridgehead atoms. The molecule has 0 radical (unpaired) electrons. The monoisotopic (exact) mass is 283 g/mol. The Hall–Kier alpha value is -0.770. The van der Waals surface area contributed by atoms with Gasteiger partial charge in [-0.1, -0.05) is 57.0 Å². The van der Waals surface area contributed by atoms with Crippen LogP contribution in [0.5, 0.6) is 0 Å². The van der Waals surface area contributed by atoms with Gasteiger partial charge in [0.15, 0.2) is 0 Å². The maximum atomic E-state index is 8.58. The van der Waals surface area contributed by atoms with E-state index < -0.39 is 0 Å². The van der Waals surface area contributed by atoms with E-state index in [0.29, 0.717) is 12.3 Å². The van der Waals surface area contributed by atoms with Gasteiger partial charge in [0.2, 0.25) is 0 Å². The van der Waals surface area contributed by atoms with Gasteiger partial charge in [0.25, 0.3) is 0 Å². The molecule has 1 saturated carbocycles. The predicted molar refractivity (Wildman–Crippen MR) is 85.2 cm³/mol. The van der Waals surface area contributed by atoms with Gasteiger partial charge in [-0.05, 0) is 25.8 Å². The number of unbranched alkanes of at least 4 members (excludes halogenated alkanes) is 7. The molecule has 0 spiro atoms. The molecule has 0 amide bonds. The van der Waals surface area contributed by atoms with Gasteiger partial charge in [0, 0.05) is 19.0 Å². The van der Waals surface area contributed by atoms with Gasteiger partial charge >= 0.3 is 0 Å². The lowest BCUT2D eigenvalue weighted by Crippen LogP contribution is -2.31. The Labute approximate surface area is 124 Å². The Morgan fingerprint density at radius 2 is 1.65 bits per heavy atom. The maximum absolute atomic E-state index is 8.58. The minimum absolute atomic E-state index is 0.353. The van der Waals surface area contributed by atoms with E-state index in [1.54, 1.807) is 0 Å². The average molecular weight is 283 g/mol.